The van der Waals surface area contributed by atoms with Crippen molar-refractivity contribution in [3.05, 3.63) is 59.2 Å². The smallest absolute Gasteiger partial charge is 0.324 e. The Balaban J connectivity index is 1.54. The summed E-state index contributed by atoms with van der Waals surface area (Å²) in [5.74, 6) is 0.471. The molecule has 0 atom stereocenters. The molecule has 0 aromatic heterocycles. The third-order valence-electron chi connectivity index (χ3n) is 7.94. The van der Waals surface area contributed by atoms with E-state index in [1.165, 1.54) is 18.4 Å². The van der Waals surface area contributed by atoms with E-state index in [-0.39, 0.29) is 24.0 Å². The van der Waals surface area contributed by atoms with E-state index in [1.807, 2.05) is 4.90 Å². The Hall–Kier alpha value is -2.82. The number of carbonyl (C=O) groups is 2. The summed E-state index contributed by atoms with van der Waals surface area (Å²) in [4.78, 5) is 30.8. The largest absolute Gasteiger partial charge is 0.325 e. The van der Waals surface area contributed by atoms with E-state index in [1.54, 1.807) is 4.90 Å². The molecule has 194 valence electrons. The van der Waals surface area contributed by atoms with Gasteiger partial charge in [0.15, 0.2) is 0 Å². The fourth-order valence-corrected chi connectivity index (χ4v) is 6.00. The molecule has 2 aliphatic rings. The summed E-state index contributed by atoms with van der Waals surface area (Å²) in [6, 6.07) is 14.7. The molecule has 1 saturated heterocycles. The Morgan fingerprint density at radius 2 is 1.58 bits per heavy atom. The minimum Gasteiger partial charge on any atom is -0.324 e. The highest BCUT2D eigenvalue weighted by atomic mass is 16.2. The van der Waals surface area contributed by atoms with E-state index in [2.05, 4.69) is 82.4 Å². The van der Waals surface area contributed by atoms with Gasteiger partial charge in [-0.15, -0.1) is 0 Å². The number of hydrogen-bond acceptors (Lipinski definition) is 2. The van der Waals surface area contributed by atoms with Gasteiger partial charge >= 0.3 is 6.03 Å². The van der Waals surface area contributed by atoms with Crippen molar-refractivity contribution in [3.63, 3.8) is 0 Å². The van der Waals surface area contributed by atoms with Gasteiger partial charge in [0.05, 0.1) is 5.54 Å². The van der Waals surface area contributed by atoms with E-state index in [0.717, 1.165) is 54.6 Å². The van der Waals surface area contributed by atoms with Crippen LogP contribution in [0.15, 0.2) is 42.5 Å². The van der Waals surface area contributed by atoms with Crippen LogP contribution in [0.4, 0.5) is 16.2 Å². The van der Waals surface area contributed by atoms with Crippen molar-refractivity contribution in [1.29, 1.82) is 0 Å². The van der Waals surface area contributed by atoms with Gasteiger partial charge in [0.2, 0.25) is 5.91 Å². The highest BCUT2D eigenvalue weighted by Gasteiger charge is 2.51. The maximum atomic E-state index is 13.7. The summed E-state index contributed by atoms with van der Waals surface area (Å²) in [5, 5.41) is 3.20. The number of aryl methyl sites for hydroxylation is 1. The second-order valence-corrected chi connectivity index (χ2v) is 11.3. The number of nitrogens with one attached hydrogen (secondary N) is 1. The van der Waals surface area contributed by atoms with Gasteiger partial charge in [0.1, 0.15) is 6.54 Å². The number of amides is 3. The van der Waals surface area contributed by atoms with Crippen LogP contribution < -0.4 is 10.2 Å². The van der Waals surface area contributed by atoms with E-state index >= 15 is 0 Å². The third kappa shape index (κ3) is 5.30. The third-order valence-corrected chi connectivity index (χ3v) is 7.94. The standard InChI is InChI=1S/C31H43N3O2/c1-6-7-11-24-14-16-25(17-15-24)34-30(36)33(21-31(34)18-8-9-19-31)20-28(35)32-29-26(22(2)3)12-10-13-27(29)23(4)5/h10,12-17,22-23H,6-9,11,18-21H2,1-5H3,(H,32,35). The monoisotopic (exact) mass is 489 g/mol. The predicted molar refractivity (Wildman–Crippen MR) is 149 cm³/mol. The summed E-state index contributed by atoms with van der Waals surface area (Å²) in [5.41, 5.74) is 5.25. The summed E-state index contributed by atoms with van der Waals surface area (Å²) in [6.07, 6.45) is 7.64. The van der Waals surface area contributed by atoms with Crippen molar-refractivity contribution in [2.75, 3.05) is 23.3 Å². The SMILES string of the molecule is CCCCc1ccc(N2C(=O)N(CC(=O)Nc3c(C(C)C)cccc3C(C)C)CC23CCCC3)cc1. The first-order chi connectivity index (χ1) is 17.3. The number of hydrogen-bond donors (Lipinski definition) is 1. The molecule has 2 aromatic carbocycles. The van der Waals surface area contributed by atoms with Crippen LogP contribution in [0.1, 0.15) is 102 Å². The number of anilines is 2. The quantitative estimate of drug-likeness (QED) is 0.397. The second-order valence-electron chi connectivity index (χ2n) is 11.3. The molecule has 0 unspecified atom stereocenters. The highest BCUT2D eigenvalue weighted by molar-refractivity contribution is 6.01. The van der Waals surface area contributed by atoms with Crippen LogP contribution in [0.3, 0.4) is 0 Å². The molecule has 36 heavy (non-hydrogen) atoms. The molecule has 1 aliphatic carbocycles. The minimum absolute atomic E-state index is 0.0467. The number of carbonyl (C=O) groups excluding carboxylic acids is 2. The summed E-state index contributed by atoms with van der Waals surface area (Å²) in [7, 11) is 0. The zero-order valence-corrected chi connectivity index (χ0v) is 22.8. The number of nitrogens with zero attached hydrogens (tertiary/aromatic N) is 2. The van der Waals surface area contributed by atoms with Gasteiger partial charge in [-0.25, -0.2) is 4.79 Å². The Kier molecular flexibility index (Phi) is 8.07. The van der Waals surface area contributed by atoms with Gasteiger partial charge in [-0.05, 0) is 66.3 Å². The predicted octanol–water partition coefficient (Wildman–Crippen LogP) is 7.47. The fourth-order valence-electron chi connectivity index (χ4n) is 6.00. The van der Waals surface area contributed by atoms with Crippen molar-refractivity contribution in [2.24, 2.45) is 0 Å². The zero-order chi connectivity index (χ0) is 25.9. The second kappa shape index (κ2) is 11.1. The molecule has 5 nitrogen and oxygen atoms in total. The summed E-state index contributed by atoms with van der Waals surface area (Å²) >= 11 is 0. The van der Waals surface area contributed by atoms with Crippen LogP contribution in [0.5, 0.6) is 0 Å². The molecule has 2 aromatic rings. The first-order valence-corrected chi connectivity index (χ1v) is 13.9. The zero-order valence-electron chi connectivity index (χ0n) is 22.8. The van der Waals surface area contributed by atoms with E-state index in [4.69, 9.17) is 0 Å². The Morgan fingerprint density at radius 1 is 0.972 bits per heavy atom. The van der Waals surface area contributed by atoms with Crippen LogP contribution in [-0.2, 0) is 11.2 Å². The van der Waals surface area contributed by atoms with Gasteiger partial charge < -0.3 is 10.2 Å². The molecule has 0 radical (unpaired) electrons. The molecule has 1 N–H and O–H groups in total. The van der Waals surface area contributed by atoms with Gasteiger partial charge in [-0.1, -0.05) is 84.2 Å². The molecule has 5 heteroatoms. The van der Waals surface area contributed by atoms with Gasteiger partial charge in [-0.3, -0.25) is 9.69 Å². The lowest BCUT2D eigenvalue weighted by Gasteiger charge is -2.33. The van der Waals surface area contributed by atoms with Crippen LogP contribution in [-0.4, -0.2) is 35.5 Å². The van der Waals surface area contributed by atoms with Crippen molar-refractivity contribution in [2.45, 2.75) is 96.9 Å². The van der Waals surface area contributed by atoms with Gasteiger partial charge in [-0.2, -0.15) is 0 Å². The van der Waals surface area contributed by atoms with Crippen molar-refractivity contribution < 1.29 is 9.59 Å². The molecule has 3 amide bonds. The number of para-hydroxylation sites is 1. The Morgan fingerprint density at radius 3 is 2.14 bits per heavy atom. The fraction of sp³-hybridized carbons (Fsp3) is 0.548. The van der Waals surface area contributed by atoms with E-state index in [9.17, 15) is 9.59 Å². The molecule has 1 spiro atoms. The highest BCUT2D eigenvalue weighted by Crippen LogP contribution is 2.43. The lowest BCUT2D eigenvalue weighted by molar-refractivity contribution is -0.116. The first-order valence-electron chi connectivity index (χ1n) is 13.9. The number of benzene rings is 2. The Labute approximate surface area is 217 Å². The number of unbranched alkanes of at least 4 members (excludes halogenated alkanes) is 1. The molecule has 4 rings (SSSR count). The Bertz CT molecular complexity index is 1040. The molecule has 1 aliphatic heterocycles. The molecular formula is C31H43N3O2. The molecule has 1 heterocycles. The van der Waals surface area contributed by atoms with E-state index in [0.29, 0.717) is 18.4 Å². The van der Waals surface area contributed by atoms with E-state index < -0.39 is 0 Å². The molecule has 2 fully saturated rings. The average Bonchev–Trinajstić information content (AvgIpc) is 3.41. The maximum Gasteiger partial charge on any atom is 0.325 e. The average molecular weight is 490 g/mol. The normalized spacial score (nSPS) is 17.1. The molecule has 0 bridgehead atoms. The maximum absolute atomic E-state index is 13.7. The van der Waals surface area contributed by atoms with Crippen LogP contribution in [0.2, 0.25) is 0 Å². The molecular weight excluding hydrogens is 446 g/mol. The van der Waals surface area contributed by atoms with Gasteiger partial charge in [0, 0.05) is 17.9 Å². The van der Waals surface area contributed by atoms with Crippen LogP contribution >= 0.6 is 0 Å². The van der Waals surface area contributed by atoms with Gasteiger partial charge in [0.25, 0.3) is 0 Å². The van der Waals surface area contributed by atoms with Crippen LogP contribution in [0, 0.1) is 0 Å². The number of rotatable bonds is 9. The van der Waals surface area contributed by atoms with Crippen molar-refractivity contribution in [1.82, 2.24) is 4.90 Å². The van der Waals surface area contributed by atoms with Crippen molar-refractivity contribution >= 4 is 23.3 Å². The number of urea groups is 1. The summed E-state index contributed by atoms with van der Waals surface area (Å²) < 4.78 is 0. The lowest BCUT2D eigenvalue weighted by atomic mass is 9.92. The minimum atomic E-state index is -0.207. The first kappa shape index (κ1) is 26.2. The molecule has 1 saturated carbocycles. The lowest BCUT2D eigenvalue weighted by Crippen LogP contribution is -2.45. The summed E-state index contributed by atoms with van der Waals surface area (Å²) in [6.45, 7) is 11.5. The van der Waals surface area contributed by atoms with Crippen LogP contribution in [0.25, 0.3) is 0 Å². The van der Waals surface area contributed by atoms with Crippen molar-refractivity contribution in [3.8, 4) is 0 Å². The topological polar surface area (TPSA) is 52.7 Å².